The zero-order chi connectivity index (χ0) is 17.2. The molecule has 1 aromatic heterocycles. The van der Waals surface area contributed by atoms with Crippen LogP contribution < -0.4 is 5.32 Å². The van der Waals surface area contributed by atoms with Gasteiger partial charge in [0.25, 0.3) is 5.89 Å². The van der Waals surface area contributed by atoms with E-state index in [2.05, 4.69) is 15.5 Å². The molecule has 1 aliphatic carbocycles. The normalized spacial score (nSPS) is 16.0. The number of amides is 1. The largest absolute Gasteiger partial charge is 0.403 e. The van der Waals surface area contributed by atoms with E-state index in [-0.39, 0.29) is 28.6 Å². The summed E-state index contributed by atoms with van der Waals surface area (Å²) in [5, 5.41) is 10.3. The highest BCUT2D eigenvalue weighted by Gasteiger charge is 2.23. The van der Waals surface area contributed by atoms with Crippen LogP contribution in [0, 0.1) is 5.92 Å². The van der Waals surface area contributed by atoms with Gasteiger partial charge >= 0.3 is 6.01 Å². The van der Waals surface area contributed by atoms with E-state index < -0.39 is 9.84 Å². The van der Waals surface area contributed by atoms with Crippen molar-refractivity contribution in [1.29, 1.82) is 0 Å². The molecule has 0 spiro atoms. The highest BCUT2D eigenvalue weighted by Crippen LogP contribution is 2.28. The summed E-state index contributed by atoms with van der Waals surface area (Å²) >= 11 is 0. The van der Waals surface area contributed by atoms with Gasteiger partial charge in [0.2, 0.25) is 5.91 Å². The lowest BCUT2D eigenvalue weighted by atomic mass is 9.89. The van der Waals surface area contributed by atoms with Crippen molar-refractivity contribution < 1.29 is 17.6 Å². The molecule has 0 radical (unpaired) electrons. The number of carbonyl (C=O) groups is 1. The van der Waals surface area contributed by atoms with Crippen LogP contribution in [0.3, 0.4) is 0 Å². The molecule has 128 valence electrons. The highest BCUT2D eigenvalue weighted by atomic mass is 32.2. The van der Waals surface area contributed by atoms with Gasteiger partial charge in [-0.1, -0.05) is 36.5 Å². The Morgan fingerprint density at radius 3 is 2.58 bits per heavy atom. The standard InChI is InChI=1S/C16H19N3O4S/c1-24(21,22)13-10-6-5-9-12(13)15-18-19-16(23-15)17-14(20)11-7-3-2-4-8-11/h5-6,9-11H,2-4,7-8H2,1H3,(H,17,19,20). The third kappa shape index (κ3) is 3.64. The number of rotatable bonds is 4. The van der Waals surface area contributed by atoms with Gasteiger partial charge in [-0.05, 0) is 25.0 Å². The van der Waals surface area contributed by atoms with Gasteiger partial charge in [-0.15, -0.1) is 5.10 Å². The second-order valence-electron chi connectivity index (χ2n) is 6.00. The van der Waals surface area contributed by atoms with Crippen molar-refractivity contribution in [2.45, 2.75) is 37.0 Å². The quantitative estimate of drug-likeness (QED) is 0.910. The van der Waals surface area contributed by atoms with Crippen molar-refractivity contribution in [2.75, 3.05) is 11.6 Å². The number of sulfone groups is 1. The fourth-order valence-corrected chi connectivity index (χ4v) is 3.80. The van der Waals surface area contributed by atoms with Crippen LogP contribution in [0.1, 0.15) is 32.1 Å². The molecule has 0 aliphatic heterocycles. The minimum absolute atomic E-state index is 0.0103. The first kappa shape index (κ1) is 16.6. The molecule has 0 bridgehead atoms. The maximum Gasteiger partial charge on any atom is 0.322 e. The molecule has 0 atom stereocenters. The van der Waals surface area contributed by atoms with E-state index in [9.17, 15) is 13.2 Å². The number of nitrogens with zero attached hydrogens (tertiary/aromatic N) is 2. The summed E-state index contributed by atoms with van der Waals surface area (Å²) in [6.07, 6.45) is 6.11. The predicted octanol–water partition coefficient (Wildman–Crippen LogP) is 2.66. The van der Waals surface area contributed by atoms with Crippen molar-refractivity contribution >= 4 is 21.8 Å². The Morgan fingerprint density at radius 1 is 1.17 bits per heavy atom. The lowest BCUT2D eigenvalue weighted by molar-refractivity contribution is -0.120. The Labute approximate surface area is 140 Å². The Hall–Kier alpha value is -2.22. The molecule has 2 aromatic rings. The summed E-state index contributed by atoms with van der Waals surface area (Å²) in [6, 6.07) is 6.38. The summed E-state index contributed by atoms with van der Waals surface area (Å²) in [5.41, 5.74) is 0.325. The number of nitrogens with one attached hydrogen (secondary N) is 1. The number of benzene rings is 1. The molecule has 1 aliphatic rings. The molecule has 8 heteroatoms. The lowest BCUT2D eigenvalue weighted by Gasteiger charge is -2.19. The molecule has 1 saturated carbocycles. The van der Waals surface area contributed by atoms with Gasteiger partial charge < -0.3 is 4.42 Å². The number of carbonyl (C=O) groups excluding carboxylic acids is 1. The average Bonchev–Trinajstić information content (AvgIpc) is 3.03. The van der Waals surface area contributed by atoms with Gasteiger partial charge in [0.05, 0.1) is 10.5 Å². The number of anilines is 1. The predicted molar refractivity (Wildman–Crippen MR) is 88.0 cm³/mol. The van der Waals surface area contributed by atoms with Crippen molar-refractivity contribution in [3.8, 4) is 11.5 Å². The Morgan fingerprint density at radius 2 is 1.88 bits per heavy atom. The summed E-state index contributed by atoms with van der Waals surface area (Å²) in [5.74, 6) is -0.0892. The van der Waals surface area contributed by atoms with Gasteiger partial charge in [0.1, 0.15) is 0 Å². The Kier molecular flexibility index (Phi) is 4.66. The lowest BCUT2D eigenvalue weighted by Crippen LogP contribution is -2.24. The van der Waals surface area contributed by atoms with Gasteiger partial charge in [0.15, 0.2) is 9.84 Å². The maximum atomic E-state index is 12.2. The SMILES string of the molecule is CS(=O)(=O)c1ccccc1-c1nnc(NC(=O)C2CCCCC2)o1. The monoisotopic (exact) mass is 349 g/mol. The second-order valence-corrected chi connectivity index (χ2v) is 7.99. The maximum absolute atomic E-state index is 12.2. The van der Waals surface area contributed by atoms with E-state index in [0.717, 1.165) is 38.4 Å². The molecule has 1 N–H and O–H groups in total. The summed E-state index contributed by atoms with van der Waals surface area (Å²) < 4.78 is 29.2. The molecule has 1 amide bonds. The van der Waals surface area contributed by atoms with E-state index in [1.165, 1.54) is 6.07 Å². The van der Waals surface area contributed by atoms with Crippen LogP contribution >= 0.6 is 0 Å². The van der Waals surface area contributed by atoms with Crippen LogP contribution in [0.5, 0.6) is 0 Å². The molecule has 7 nitrogen and oxygen atoms in total. The number of aromatic nitrogens is 2. The molecular weight excluding hydrogens is 330 g/mol. The van der Waals surface area contributed by atoms with E-state index in [4.69, 9.17) is 4.42 Å². The summed E-state index contributed by atoms with van der Waals surface area (Å²) in [7, 11) is -3.43. The molecule has 0 saturated heterocycles. The smallest absolute Gasteiger partial charge is 0.322 e. The third-order valence-corrected chi connectivity index (χ3v) is 5.30. The van der Waals surface area contributed by atoms with Crippen LogP contribution in [0.15, 0.2) is 33.6 Å². The van der Waals surface area contributed by atoms with Gasteiger partial charge in [-0.3, -0.25) is 10.1 Å². The van der Waals surface area contributed by atoms with E-state index >= 15 is 0 Å². The van der Waals surface area contributed by atoms with E-state index in [1.54, 1.807) is 18.2 Å². The summed E-state index contributed by atoms with van der Waals surface area (Å²) in [6.45, 7) is 0. The van der Waals surface area contributed by atoms with Crippen LogP contribution in [0.4, 0.5) is 6.01 Å². The first-order valence-corrected chi connectivity index (χ1v) is 9.78. The first-order valence-electron chi connectivity index (χ1n) is 7.89. The Bertz CT molecular complexity index is 839. The zero-order valence-corrected chi connectivity index (χ0v) is 14.2. The van der Waals surface area contributed by atoms with Gasteiger partial charge in [0, 0.05) is 12.2 Å². The van der Waals surface area contributed by atoms with Crippen LogP contribution in [-0.4, -0.2) is 30.8 Å². The van der Waals surface area contributed by atoms with Crippen LogP contribution in [0.2, 0.25) is 0 Å². The fourth-order valence-electron chi connectivity index (χ4n) is 2.92. The molecular formula is C16H19N3O4S. The van der Waals surface area contributed by atoms with Crippen molar-refractivity contribution in [3.63, 3.8) is 0 Å². The molecule has 1 aromatic carbocycles. The molecule has 1 fully saturated rings. The minimum atomic E-state index is -3.43. The highest BCUT2D eigenvalue weighted by molar-refractivity contribution is 7.90. The number of hydrogen-bond acceptors (Lipinski definition) is 6. The van der Waals surface area contributed by atoms with Crippen molar-refractivity contribution in [2.24, 2.45) is 5.92 Å². The van der Waals surface area contributed by atoms with Gasteiger partial charge in [-0.25, -0.2) is 8.42 Å². The van der Waals surface area contributed by atoms with Gasteiger partial charge in [-0.2, -0.15) is 0 Å². The van der Waals surface area contributed by atoms with E-state index in [0.29, 0.717) is 5.56 Å². The fraction of sp³-hybridized carbons (Fsp3) is 0.438. The van der Waals surface area contributed by atoms with E-state index in [1.807, 2.05) is 0 Å². The van der Waals surface area contributed by atoms with Crippen molar-refractivity contribution in [1.82, 2.24) is 10.2 Å². The number of hydrogen-bond donors (Lipinski definition) is 1. The zero-order valence-electron chi connectivity index (χ0n) is 13.4. The molecule has 3 rings (SSSR count). The van der Waals surface area contributed by atoms with Crippen LogP contribution in [0.25, 0.3) is 11.5 Å². The summed E-state index contributed by atoms with van der Waals surface area (Å²) in [4.78, 5) is 12.3. The Balaban J connectivity index is 1.80. The first-order chi connectivity index (χ1) is 11.4. The average molecular weight is 349 g/mol. The van der Waals surface area contributed by atoms with Crippen LogP contribution in [-0.2, 0) is 14.6 Å². The topological polar surface area (TPSA) is 102 Å². The third-order valence-electron chi connectivity index (χ3n) is 4.15. The van der Waals surface area contributed by atoms with Crippen molar-refractivity contribution in [3.05, 3.63) is 24.3 Å². The second kappa shape index (κ2) is 6.72. The molecule has 24 heavy (non-hydrogen) atoms. The molecule has 1 heterocycles. The molecule has 0 unspecified atom stereocenters. The minimum Gasteiger partial charge on any atom is -0.403 e.